The number of nitrogens with zero attached hydrogens (tertiary/aromatic N) is 2. The van der Waals surface area contributed by atoms with Gasteiger partial charge in [0.15, 0.2) is 0 Å². The van der Waals surface area contributed by atoms with Crippen LogP contribution in [0.4, 0.5) is 11.4 Å². The monoisotopic (exact) mass is 265 g/mol. The lowest BCUT2D eigenvalue weighted by Crippen LogP contribution is -2.44. The minimum absolute atomic E-state index is 0.123. The van der Waals surface area contributed by atoms with Crippen molar-refractivity contribution in [2.75, 3.05) is 38.2 Å². The van der Waals surface area contributed by atoms with E-state index in [-0.39, 0.29) is 16.7 Å². The summed E-state index contributed by atoms with van der Waals surface area (Å²) in [5.74, 6) is 0. The molecule has 0 bridgehead atoms. The molecule has 0 radical (unpaired) electrons. The molecule has 0 amide bonds. The van der Waals surface area contributed by atoms with Gasteiger partial charge in [-0.1, -0.05) is 6.07 Å². The molecule has 1 saturated heterocycles. The van der Waals surface area contributed by atoms with Crippen LogP contribution < -0.4 is 10.2 Å². The second kappa shape index (κ2) is 5.99. The highest BCUT2D eigenvalue weighted by molar-refractivity contribution is 5.61. The topological polar surface area (TPSA) is 67.6 Å². The average molecular weight is 265 g/mol. The number of likely N-dealkylation sites (N-methyl/N-ethyl adjacent to an activating group) is 1. The Hall–Kier alpha value is -1.66. The molecule has 104 valence electrons. The van der Waals surface area contributed by atoms with Crippen LogP contribution in [0.2, 0.25) is 0 Å². The molecule has 1 unspecified atom stereocenters. The Kier molecular flexibility index (Phi) is 4.34. The summed E-state index contributed by atoms with van der Waals surface area (Å²) in [5, 5.41) is 14.2. The number of nitrogens with one attached hydrogen (secondary N) is 1. The van der Waals surface area contributed by atoms with Crippen molar-refractivity contribution in [1.29, 1.82) is 0 Å². The minimum atomic E-state index is -0.342. The Morgan fingerprint density at radius 3 is 3.00 bits per heavy atom. The first-order chi connectivity index (χ1) is 9.09. The van der Waals surface area contributed by atoms with Crippen molar-refractivity contribution in [3.8, 4) is 0 Å². The van der Waals surface area contributed by atoms with Gasteiger partial charge in [-0.05, 0) is 13.0 Å². The number of nitro groups is 1. The average Bonchev–Trinajstić information content (AvgIpc) is 2.39. The van der Waals surface area contributed by atoms with Crippen molar-refractivity contribution in [3.05, 3.63) is 33.9 Å². The van der Waals surface area contributed by atoms with E-state index in [1.165, 1.54) is 6.07 Å². The van der Waals surface area contributed by atoms with Gasteiger partial charge in [0.1, 0.15) is 0 Å². The van der Waals surface area contributed by atoms with Crippen LogP contribution in [0.3, 0.4) is 0 Å². The van der Waals surface area contributed by atoms with Gasteiger partial charge in [0.05, 0.1) is 17.6 Å². The van der Waals surface area contributed by atoms with Crippen molar-refractivity contribution >= 4 is 11.4 Å². The van der Waals surface area contributed by atoms with Gasteiger partial charge in [-0.2, -0.15) is 0 Å². The first-order valence-electron chi connectivity index (χ1n) is 6.37. The van der Waals surface area contributed by atoms with E-state index < -0.39 is 0 Å². The van der Waals surface area contributed by atoms with Crippen molar-refractivity contribution in [3.63, 3.8) is 0 Å². The second-order valence-corrected chi connectivity index (χ2v) is 4.76. The van der Waals surface area contributed by atoms with Gasteiger partial charge in [0, 0.05) is 44.0 Å². The lowest BCUT2D eigenvalue weighted by molar-refractivity contribution is -0.385. The van der Waals surface area contributed by atoms with E-state index in [2.05, 4.69) is 5.32 Å². The third kappa shape index (κ3) is 3.21. The van der Waals surface area contributed by atoms with Gasteiger partial charge in [-0.25, -0.2) is 0 Å². The molecule has 0 spiro atoms. The van der Waals surface area contributed by atoms with E-state index in [1.54, 1.807) is 13.0 Å². The normalized spacial score (nSPS) is 19.2. The maximum atomic E-state index is 10.9. The molecule has 1 aliphatic heterocycles. The highest BCUT2D eigenvalue weighted by Gasteiger charge is 2.19. The zero-order chi connectivity index (χ0) is 13.8. The predicted octanol–water partition coefficient (Wildman–Crippen LogP) is 1.33. The van der Waals surface area contributed by atoms with E-state index in [0.29, 0.717) is 12.2 Å². The molecular weight excluding hydrogens is 246 g/mol. The quantitative estimate of drug-likeness (QED) is 0.657. The van der Waals surface area contributed by atoms with Crippen LogP contribution in [-0.2, 0) is 4.74 Å². The Labute approximate surface area is 112 Å². The van der Waals surface area contributed by atoms with Gasteiger partial charge < -0.3 is 15.0 Å². The Balaban J connectivity index is 2.12. The van der Waals surface area contributed by atoms with Gasteiger partial charge in [0.2, 0.25) is 0 Å². The molecule has 1 atom stereocenters. The van der Waals surface area contributed by atoms with Crippen molar-refractivity contribution in [1.82, 2.24) is 5.32 Å². The summed E-state index contributed by atoms with van der Waals surface area (Å²) in [4.78, 5) is 12.6. The Bertz CT molecular complexity index is 458. The van der Waals surface area contributed by atoms with Crippen LogP contribution in [0.25, 0.3) is 0 Å². The van der Waals surface area contributed by atoms with Gasteiger partial charge in [-0.3, -0.25) is 10.1 Å². The number of ether oxygens (including phenoxy) is 1. The summed E-state index contributed by atoms with van der Waals surface area (Å²) in [5.41, 5.74) is 1.73. The fourth-order valence-corrected chi connectivity index (χ4v) is 2.36. The Morgan fingerprint density at radius 1 is 1.58 bits per heavy atom. The molecular formula is C13H19N3O3. The van der Waals surface area contributed by atoms with Gasteiger partial charge in [-0.15, -0.1) is 0 Å². The van der Waals surface area contributed by atoms with Gasteiger partial charge in [0.25, 0.3) is 5.69 Å². The number of morpholine rings is 1. The van der Waals surface area contributed by atoms with Crippen LogP contribution in [0.1, 0.15) is 5.56 Å². The maximum Gasteiger partial charge on any atom is 0.274 e. The van der Waals surface area contributed by atoms with E-state index in [0.717, 1.165) is 25.3 Å². The molecule has 1 aromatic rings. The van der Waals surface area contributed by atoms with Crippen LogP contribution in [0.5, 0.6) is 0 Å². The summed E-state index contributed by atoms with van der Waals surface area (Å²) < 4.78 is 5.65. The summed E-state index contributed by atoms with van der Waals surface area (Å²) in [7, 11) is 1.93. The number of anilines is 1. The third-order valence-electron chi connectivity index (χ3n) is 3.37. The van der Waals surface area contributed by atoms with Crippen LogP contribution in [-0.4, -0.2) is 44.3 Å². The third-order valence-corrected chi connectivity index (χ3v) is 3.37. The van der Waals surface area contributed by atoms with Crippen LogP contribution >= 0.6 is 0 Å². The zero-order valence-electron chi connectivity index (χ0n) is 11.3. The molecule has 1 heterocycles. The number of hydrogen-bond acceptors (Lipinski definition) is 5. The molecule has 1 aromatic carbocycles. The molecule has 1 aliphatic rings. The number of benzene rings is 1. The standard InChI is InChI=1S/C13H19N3O3/c1-10-12(4-3-5-13(10)16(17)18)15(2)9-11-8-14-6-7-19-11/h3-5,11,14H,6-9H2,1-2H3. The molecule has 1 N–H and O–H groups in total. The smallest absolute Gasteiger partial charge is 0.274 e. The zero-order valence-corrected chi connectivity index (χ0v) is 11.3. The molecule has 0 saturated carbocycles. The summed E-state index contributed by atoms with van der Waals surface area (Å²) in [6, 6.07) is 5.15. The van der Waals surface area contributed by atoms with Crippen molar-refractivity contribution in [2.45, 2.75) is 13.0 Å². The number of hydrogen-bond donors (Lipinski definition) is 1. The van der Waals surface area contributed by atoms with E-state index in [4.69, 9.17) is 4.74 Å². The molecule has 0 aliphatic carbocycles. The van der Waals surface area contributed by atoms with E-state index in [9.17, 15) is 10.1 Å². The molecule has 19 heavy (non-hydrogen) atoms. The Morgan fingerprint density at radius 2 is 2.37 bits per heavy atom. The molecule has 1 fully saturated rings. The fourth-order valence-electron chi connectivity index (χ4n) is 2.36. The summed E-state index contributed by atoms with van der Waals surface area (Å²) in [6.07, 6.45) is 0.123. The van der Waals surface area contributed by atoms with E-state index >= 15 is 0 Å². The summed E-state index contributed by atoms with van der Waals surface area (Å²) >= 11 is 0. The minimum Gasteiger partial charge on any atom is -0.374 e. The van der Waals surface area contributed by atoms with Crippen molar-refractivity contribution in [2.24, 2.45) is 0 Å². The highest BCUT2D eigenvalue weighted by Crippen LogP contribution is 2.27. The fraction of sp³-hybridized carbons (Fsp3) is 0.538. The van der Waals surface area contributed by atoms with E-state index in [1.807, 2.05) is 18.0 Å². The highest BCUT2D eigenvalue weighted by atomic mass is 16.6. The van der Waals surface area contributed by atoms with Crippen LogP contribution in [0, 0.1) is 17.0 Å². The number of rotatable bonds is 4. The number of nitro benzene ring substituents is 1. The molecule has 6 heteroatoms. The summed E-state index contributed by atoms with van der Waals surface area (Å²) in [6.45, 7) is 4.92. The predicted molar refractivity (Wildman–Crippen MR) is 73.7 cm³/mol. The first kappa shape index (κ1) is 13.8. The first-order valence-corrected chi connectivity index (χ1v) is 6.37. The largest absolute Gasteiger partial charge is 0.374 e. The molecule has 6 nitrogen and oxygen atoms in total. The lowest BCUT2D eigenvalue weighted by Gasteiger charge is -2.29. The van der Waals surface area contributed by atoms with Crippen molar-refractivity contribution < 1.29 is 9.66 Å². The van der Waals surface area contributed by atoms with Crippen LogP contribution in [0.15, 0.2) is 18.2 Å². The lowest BCUT2D eigenvalue weighted by atomic mass is 10.1. The molecule has 0 aromatic heterocycles. The maximum absolute atomic E-state index is 10.9. The van der Waals surface area contributed by atoms with Gasteiger partial charge >= 0.3 is 0 Å². The second-order valence-electron chi connectivity index (χ2n) is 4.76. The molecule has 2 rings (SSSR count). The SMILES string of the molecule is Cc1c(N(C)CC2CNCCO2)cccc1[N+](=O)[O-].